The molecule has 0 aromatic heterocycles. The largest absolute Gasteiger partial charge is 0.466 e. The number of amides is 1. The van der Waals surface area contributed by atoms with Crippen molar-refractivity contribution in [1.82, 2.24) is 5.32 Å². The molecule has 0 aliphatic rings. The molecule has 1 amide bonds. The summed E-state index contributed by atoms with van der Waals surface area (Å²) in [6.45, 7) is 5.00. The molecule has 0 saturated heterocycles. The number of esters is 1. The van der Waals surface area contributed by atoms with Crippen LogP contribution in [0, 0.1) is 0 Å². The van der Waals surface area contributed by atoms with Crippen LogP contribution < -0.4 is 5.32 Å². The zero-order valence-electron chi connectivity index (χ0n) is 55.3. The lowest BCUT2D eigenvalue weighted by molar-refractivity contribution is -0.143. The van der Waals surface area contributed by atoms with Crippen molar-refractivity contribution in [2.75, 3.05) is 13.2 Å². The minimum Gasteiger partial charge on any atom is -0.466 e. The summed E-state index contributed by atoms with van der Waals surface area (Å²) in [5.41, 5.74) is 0. The molecule has 0 aromatic carbocycles. The molecule has 0 bridgehead atoms. The standard InChI is InChI=1S/C75H147NO5/c1-3-5-7-9-11-13-15-17-19-21-32-36-39-43-47-51-55-59-63-67-73(78)72(71-77)76-74(79)68-64-60-56-52-48-44-40-37-33-30-28-26-24-22-23-25-27-29-31-34-38-42-46-50-54-58-62-66-70-81-75(80)69-65-61-57-53-49-45-41-35-20-18-16-14-12-10-8-6-4-2/h18,20,72-73,77-78H,3-17,19,21-71H2,1-2H3,(H,76,79)/b20-18-. The molecule has 6 nitrogen and oxygen atoms in total. The molecular formula is C75H147NO5. The fourth-order valence-corrected chi connectivity index (χ4v) is 12.1. The second kappa shape index (κ2) is 71.1. The van der Waals surface area contributed by atoms with Gasteiger partial charge in [-0.15, -0.1) is 0 Å². The summed E-state index contributed by atoms with van der Waals surface area (Å²) in [7, 11) is 0. The molecule has 0 aliphatic heterocycles. The van der Waals surface area contributed by atoms with E-state index in [4.69, 9.17) is 4.74 Å². The van der Waals surface area contributed by atoms with Gasteiger partial charge >= 0.3 is 5.97 Å². The summed E-state index contributed by atoms with van der Waals surface area (Å²) in [6.07, 6.45) is 88.5. The number of ether oxygens (including phenoxy) is 1. The van der Waals surface area contributed by atoms with Crippen molar-refractivity contribution >= 4 is 11.9 Å². The Morgan fingerprint density at radius 2 is 0.580 bits per heavy atom. The van der Waals surface area contributed by atoms with Crippen molar-refractivity contribution in [3.8, 4) is 0 Å². The van der Waals surface area contributed by atoms with Gasteiger partial charge in [-0.2, -0.15) is 0 Å². The number of rotatable bonds is 71. The zero-order chi connectivity index (χ0) is 58.5. The van der Waals surface area contributed by atoms with Crippen molar-refractivity contribution in [3.05, 3.63) is 12.2 Å². The van der Waals surface area contributed by atoms with Crippen molar-refractivity contribution in [3.63, 3.8) is 0 Å². The van der Waals surface area contributed by atoms with Gasteiger partial charge in [-0.3, -0.25) is 9.59 Å². The summed E-state index contributed by atoms with van der Waals surface area (Å²) in [6, 6.07) is -0.539. The number of carbonyl (C=O) groups excluding carboxylic acids is 2. The lowest BCUT2D eigenvalue weighted by atomic mass is 10.0. The molecule has 0 radical (unpaired) electrons. The van der Waals surface area contributed by atoms with Gasteiger partial charge in [-0.05, 0) is 51.4 Å². The number of allylic oxidation sites excluding steroid dienone is 2. The molecule has 0 rings (SSSR count). The Labute approximate surface area is 508 Å². The minimum atomic E-state index is -0.662. The smallest absolute Gasteiger partial charge is 0.305 e. The van der Waals surface area contributed by atoms with Crippen LogP contribution in [-0.2, 0) is 14.3 Å². The van der Waals surface area contributed by atoms with Crippen LogP contribution in [0.4, 0.5) is 0 Å². The van der Waals surface area contributed by atoms with E-state index in [0.717, 1.165) is 44.9 Å². The number of nitrogens with one attached hydrogen (secondary N) is 1. The Kier molecular flexibility index (Phi) is 69.9. The number of carbonyl (C=O) groups is 2. The molecule has 0 aromatic rings. The van der Waals surface area contributed by atoms with Gasteiger partial charge in [0.2, 0.25) is 5.91 Å². The van der Waals surface area contributed by atoms with E-state index >= 15 is 0 Å². The fraction of sp³-hybridized carbons (Fsp3) is 0.947. The summed E-state index contributed by atoms with van der Waals surface area (Å²) in [4.78, 5) is 24.6. The molecule has 0 fully saturated rings. The Morgan fingerprint density at radius 3 is 0.877 bits per heavy atom. The highest BCUT2D eigenvalue weighted by atomic mass is 16.5. The van der Waals surface area contributed by atoms with Crippen LogP contribution in [-0.4, -0.2) is 47.4 Å². The van der Waals surface area contributed by atoms with E-state index in [0.29, 0.717) is 25.9 Å². The first-order valence-corrected chi connectivity index (χ1v) is 37.4. The van der Waals surface area contributed by atoms with E-state index in [9.17, 15) is 19.8 Å². The first-order chi connectivity index (χ1) is 40.0. The van der Waals surface area contributed by atoms with Gasteiger partial charge in [-0.1, -0.05) is 379 Å². The fourth-order valence-electron chi connectivity index (χ4n) is 12.1. The first-order valence-electron chi connectivity index (χ1n) is 37.4. The van der Waals surface area contributed by atoms with Crippen molar-refractivity contribution < 1.29 is 24.5 Å². The highest BCUT2D eigenvalue weighted by Gasteiger charge is 2.20. The third kappa shape index (κ3) is 67.6. The molecule has 0 saturated carbocycles. The molecule has 2 unspecified atom stereocenters. The molecule has 81 heavy (non-hydrogen) atoms. The Hall–Kier alpha value is -1.40. The van der Waals surface area contributed by atoms with Crippen LogP contribution in [0.5, 0.6) is 0 Å². The van der Waals surface area contributed by atoms with Gasteiger partial charge in [-0.25, -0.2) is 0 Å². The predicted octanol–water partition coefficient (Wildman–Crippen LogP) is 24.3. The maximum atomic E-state index is 12.5. The monoisotopic (exact) mass is 1140 g/mol. The van der Waals surface area contributed by atoms with E-state index in [2.05, 4.69) is 31.3 Å². The van der Waals surface area contributed by atoms with Crippen LogP contribution in [0.15, 0.2) is 12.2 Å². The van der Waals surface area contributed by atoms with Crippen LogP contribution in [0.25, 0.3) is 0 Å². The van der Waals surface area contributed by atoms with E-state index in [-0.39, 0.29) is 18.5 Å². The van der Waals surface area contributed by atoms with Crippen molar-refractivity contribution in [2.24, 2.45) is 0 Å². The average molecular weight is 1140 g/mol. The first kappa shape index (κ1) is 79.6. The number of aliphatic hydroxyl groups excluding tert-OH is 2. The van der Waals surface area contributed by atoms with E-state index in [1.54, 1.807) is 0 Å². The molecule has 2 atom stereocenters. The lowest BCUT2D eigenvalue weighted by Crippen LogP contribution is -2.45. The molecular weight excluding hydrogens is 995 g/mol. The van der Waals surface area contributed by atoms with Crippen LogP contribution in [0.1, 0.15) is 431 Å². The summed E-state index contributed by atoms with van der Waals surface area (Å²) in [5, 5.41) is 23.4. The SMILES string of the molecule is CCCCCCCC/C=C\CCCCCCCCCC(=O)OCCCCCCCCCCCCCCCCCCCCCCCCCCCCCCC(=O)NC(CO)C(O)CCCCCCCCCCCCCCCCCCCCC. The normalized spacial score (nSPS) is 12.5. The van der Waals surface area contributed by atoms with Gasteiger partial charge in [0.05, 0.1) is 25.4 Å². The Bertz CT molecular complexity index is 1220. The maximum absolute atomic E-state index is 12.5. The highest BCUT2D eigenvalue weighted by molar-refractivity contribution is 5.76. The van der Waals surface area contributed by atoms with Gasteiger partial charge in [0.15, 0.2) is 0 Å². The molecule has 482 valence electrons. The molecule has 0 heterocycles. The van der Waals surface area contributed by atoms with Crippen LogP contribution in [0.3, 0.4) is 0 Å². The Morgan fingerprint density at radius 1 is 0.333 bits per heavy atom. The number of unbranched alkanes of at least 4 members (excludes halogenated alkanes) is 58. The number of aliphatic hydroxyl groups is 2. The average Bonchev–Trinajstić information content (AvgIpc) is 3.47. The summed E-state index contributed by atoms with van der Waals surface area (Å²) in [5.74, 6) is -0.0102. The summed E-state index contributed by atoms with van der Waals surface area (Å²) < 4.78 is 5.51. The molecule has 6 heteroatoms. The minimum absolute atomic E-state index is 0.0167. The predicted molar refractivity (Wildman–Crippen MR) is 357 cm³/mol. The van der Waals surface area contributed by atoms with Crippen LogP contribution in [0.2, 0.25) is 0 Å². The molecule has 0 spiro atoms. The van der Waals surface area contributed by atoms with E-state index in [1.165, 1.54) is 353 Å². The van der Waals surface area contributed by atoms with Gasteiger partial charge in [0.25, 0.3) is 0 Å². The quantitative estimate of drug-likeness (QED) is 0.0320. The number of hydrogen-bond donors (Lipinski definition) is 3. The van der Waals surface area contributed by atoms with E-state index < -0.39 is 12.1 Å². The Balaban J connectivity index is 3.33. The van der Waals surface area contributed by atoms with Crippen LogP contribution >= 0.6 is 0 Å². The van der Waals surface area contributed by atoms with Crippen molar-refractivity contribution in [2.45, 2.75) is 443 Å². The second-order valence-corrected chi connectivity index (χ2v) is 26.0. The van der Waals surface area contributed by atoms with Crippen molar-refractivity contribution in [1.29, 1.82) is 0 Å². The van der Waals surface area contributed by atoms with E-state index in [1.807, 2.05) is 0 Å². The zero-order valence-corrected chi connectivity index (χ0v) is 55.3. The van der Waals surface area contributed by atoms with Gasteiger partial charge in [0, 0.05) is 12.8 Å². The van der Waals surface area contributed by atoms with Gasteiger partial charge in [0.1, 0.15) is 0 Å². The third-order valence-corrected chi connectivity index (χ3v) is 17.8. The number of hydrogen-bond acceptors (Lipinski definition) is 5. The lowest BCUT2D eigenvalue weighted by Gasteiger charge is -2.22. The van der Waals surface area contributed by atoms with Gasteiger partial charge < -0.3 is 20.3 Å². The molecule has 3 N–H and O–H groups in total. The highest BCUT2D eigenvalue weighted by Crippen LogP contribution is 2.20. The maximum Gasteiger partial charge on any atom is 0.305 e. The third-order valence-electron chi connectivity index (χ3n) is 17.8. The summed E-state index contributed by atoms with van der Waals surface area (Å²) >= 11 is 0. The molecule has 0 aliphatic carbocycles. The topological polar surface area (TPSA) is 95.9 Å². The second-order valence-electron chi connectivity index (χ2n) is 26.0.